The van der Waals surface area contributed by atoms with Gasteiger partial charge >= 0.3 is 5.97 Å². The Kier molecular flexibility index (Phi) is 9.67. The minimum atomic E-state index is -1.26. The molecule has 0 saturated carbocycles. The van der Waals surface area contributed by atoms with Crippen LogP contribution in [0, 0.1) is 5.41 Å². The summed E-state index contributed by atoms with van der Waals surface area (Å²) in [5.74, 6) is -0.338. The van der Waals surface area contributed by atoms with E-state index in [0.29, 0.717) is 23.9 Å². The molecular formula is C30H41ClN2O3Si. The van der Waals surface area contributed by atoms with Crippen LogP contribution in [0.3, 0.4) is 0 Å². The summed E-state index contributed by atoms with van der Waals surface area (Å²) in [4.78, 5) is 14.7. The van der Waals surface area contributed by atoms with Crippen LogP contribution in [0.1, 0.15) is 56.5 Å². The quantitative estimate of drug-likeness (QED) is 0.151. The van der Waals surface area contributed by atoms with Gasteiger partial charge in [-0.1, -0.05) is 94.3 Å². The molecule has 0 saturated heterocycles. The third-order valence-corrected chi connectivity index (χ3v) is 7.53. The molecule has 3 rings (SSSR count). The zero-order valence-electron chi connectivity index (χ0n) is 23.2. The molecule has 0 aliphatic carbocycles. The summed E-state index contributed by atoms with van der Waals surface area (Å²) in [5.41, 5.74) is 3.88. The van der Waals surface area contributed by atoms with E-state index in [2.05, 4.69) is 87.4 Å². The number of methoxy groups -OCH3 is 1. The van der Waals surface area contributed by atoms with Gasteiger partial charge in [0.1, 0.15) is 5.16 Å². The number of carbonyl (C=O) groups excluding carboxylic acids is 1. The molecule has 1 N–H and O–H groups in total. The molecule has 37 heavy (non-hydrogen) atoms. The van der Waals surface area contributed by atoms with Crippen molar-refractivity contribution in [2.45, 2.75) is 65.8 Å². The average molecular weight is 541 g/mol. The van der Waals surface area contributed by atoms with E-state index in [1.54, 1.807) is 6.07 Å². The highest BCUT2D eigenvalue weighted by atomic mass is 35.5. The molecule has 200 valence electrons. The summed E-state index contributed by atoms with van der Waals surface area (Å²) in [6.45, 7) is 14.3. The average Bonchev–Trinajstić information content (AvgIpc) is 3.14. The van der Waals surface area contributed by atoms with Crippen LogP contribution < -0.4 is 5.32 Å². The molecule has 7 heteroatoms. The maximum absolute atomic E-state index is 12.3. The largest absolute Gasteiger partial charge is 0.465 e. The molecule has 1 atom stereocenters. The van der Waals surface area contributed by atoms with Crippen LogP contribution in [-0.2, 0) is 15.7 Å². The predicted molar refractivity (Wildman–Crippen MR) is 156 cm³/mol. The molecule has 1 aliphatic heterocycles. The van der Waals surface area contributed by atoms with Crippen LogP contribution in [0.25, 0.3) is 11.1 Å². The van der Waals surface area contributed by atoms with E-state index in [4.69, 9.17) is 20.8 Å². The maximum Gasteiger partial charge on any atom is 0.338 e. The van der Waals surface area contributed by atoms with Gasteiger partial charge in [0, 0.05) is 12.0 Å². The van der Waals surface area contributed by atoms with Gasteiger partial charge in [-0.25, -0.2) is 4.79 Å². The molecule has 0 fully saturated rings. The zero-order valence-corrected chi connectivity index (χ0v) is 25.1. The van der Waals surface area contributed by atoms with Crippen LogP contribution in [0.15, 0.2) is 71.5 Å². The Bertz CT molecular complexity index is 1140. The van der Waals surface area contributed by atoms with Gasteiger partial charge in [0.05, 0.1) is 25.0 Å². The normalized spacial score (nSPS) is 18.1. The standard InChI is InChI=1S/C30H41ClN2O3Si/c1-8-9-12-19-30(21-36-37(6)7)32-27(31)26(29(2,3)4)33(30)20-22-15-17-23(18-16-22)24-13-10-11-14-25(24)28(34)35-5/h10-19,32,37H,8-9,20-21H2,1-7H3. The first kappa shape index (κ1) is 29.0. The summed E-state index contributed by atoms with van der Waals surface area (Å²) in [6, 6.07) is 15.9. The fourth-order valence-corrected chi connectivity index (χ4v) is 5.75. The Balaban J connectivity index is 2.00. The maximum atomic E-state index is 12.3. The zero-order chi connectivity index (χ0) is 27.2. The van der Waals surface area contributed by atoms with Gasteiger partial charge in [0.15, 0.2) is 14.7 Å². The fourth-order valence-electron chi connectivity index (χ4n) is 4.62. The van der Waals surface area contributed by atoms with Crippen LogP contribution in [0.2, 0.25) is 13.1 Å². The highest BCUT2D eigenvalue weighted by Gasteiger charge is 2.46. The molecule has 0 radical (unpaired) electrons. The SMILES string of the molecule is CCCC=CC1(CO[SiH](C)C)NC(Cl)=C(C(C)(C)C)N1Cc1ccc(-c2ccccc2C(=O)OC)cc1. The first-order valence-corrected chi connectivity index (χ1v) is 16.2. The van der Waals surface area contributed by atoms with Crippen LogP contribution >= 0.6 is 11.6 Å². The number of ether oxygens (including phenoxy) is 1. The van der Waals surface area contributed by atoms with E-state index < -0.39 is 14.7 Å². The Morgan fingerprint density at radius 3 is 2.41 bits per heavy atom. The fraction of sp³-hybridized carbons (Fsp3) is 0.433. The molecule has 2 aromatic carbocycles. The number of benzene rings is 2. The Morgan fingerprint density at radius 2 is 1.81 bits per heavy atom. The van der Waals surface area contributed by atoms with E-state index in [1.165, 1.54) is 7.11 Å². The van der Waals surface area contributed by atoms with Crippen molar-refractivity contribution in [3.8, 4) is 11.1 Å². The van der Waals surface area contributed by atoms with Crippen LogP contribution in [0.4, 0.5) is 0 Å². The van der Waals surface area contributed by atoms with Gasteiger partial charge in [-0.15, -0.1) is 0 Å². The van der Waals surface area contributed by atoms with E-state index in [0.717, 1.165) is 35.2 Å². The minimum absolute atomic E-state index is 0.168. The van der Waals surface area contributed by atoms with Crippen molar-refractivity contribution >= 4 is 26.6 Å². The van der Waals surface area contributed by atoms with Gasteiger partial charge in [-0.2, -0.15) is 0 Å². The van der Waals surface area contributed by atoms with Gasteiger partial charge < -0.3 is 19.4 Å². The molecule has 1 aliphatic rings. The molecular weight excluding hydrogens is 500 g/mol. The molecule has 1 heterocycles. The summed E-state index contributed by atoms with van der Waals surface area (Å²) in [5, 5.41) is 4.27. The first-order valence-electron chi connectivity index (χ1n) is 13.0. The number of hydrogen-bond acceptors (Lipinski definition) is 5. The van der Waals surface area contributed by atoms with Crippen molar-refractivity contribution in [2.24, 2.45) is 5.41 Å². The van der Waals surface area contributed by atoms with Gasteiger partial charge in [0.25, 0.3) is 0 Å². The van der Waals surface area contributed by atoms with Crippen LogP contribution in [-0.4, -0.2) is 39.3 Å². The van der Waals surface area contributed by atoms with E-state index >= 15 is 0 Å². The molecule has 0 bridgehead atoms. The summed E-state index contributed by atoms with van der Waals surface area (Å²) < 4.78 is 11.3. The lowest BCUT2D eigenvalue weighted by Crippen LogP contribution is -2.55. The number of allylic oxidation sites excluding steroid dienone is 2. The molecule has 1 unspecified atom stereocenters. The second-order valence-electron chi connectivity index (χ2n) is 10.8. The van der Waals surface area contributed by atoms with Crippen molar-refractivity contribution in [3.05, 3.63) is 82.7 Å². The molecule has 0 aromatic heterocycles. The number of rotatable bonds is 10. The van der Waals surface area contributed by atoms with E-state index in [1.807, 2.05) is 18.2 Å². The Hall–Kier alpha value is -2.54. The topological polar surface area (TPSA) is 50.8 Å². The number of hydrogen-bond donors (Lipinski definition) is 1. The van der Waals surface area contributed by atoms with E-state index in [9.17, 15) is 4.79 Å². The summed E-state index contributed by atoms with van der Waals surface area (Å²) in [6.07, 6.45) is 6.53. The molecule has 0 spiro atoms. The lowest BCUT2D eigenvalue weighted by molar-refractivity contribution is 0.0601. The van der Waals surface area contributed by atoms with Crippen molar-refractivity contribution in [1.82, 2.24) is 10.2 Å². The molecule has 0 amide bonds. The number of nitrogens with one attached hydrogen (secondary N) is 1. The molecule has 5 nitrogen and oxygen atoms in total. The Morgan fingerprint density at radius 1 is 1.14 bits per heavy atom. The van der Waals surface area contributed by atoms with Gasteiger partial charge in [-0.05, 0) is 48.3 Å². The number of esters is 1. The summed E-state index contributed by atoms with van der Waals surface area (Å²) >= 11 is 6.91. The number of nitrogens with zero attached hydrogens (tertiary/aromatic N) is 1. The lowest BCUT2D eigenvalue weighted by Gasteiger charge is -2.42. The Labute approximate surface area is 229 Å². The predicted octanol–water partition coefficient (Wildman–Crippen LogP) is 7.05. The number of unbranched alkanes of at least 4 members (excludes halogenated alkanes) is 1. The molecule has 2 aromatic rings. The first-order chi connectivity index (χ1) is 17.5. The number of carbonyl (C=O) groups is 1. The smallest absolute Gasteiger partial charge is 0.338 e. The lowest BCUT2D eigenvalue weighted by atomic mass is 9.90. The number of halogens is 1. The van der Waals surface area contributed by atoms with Crippen molar-refractivity contribution in [2.75, 3.05) is 13.7 Å². The third-order valence-electron chi connectivity index (χ3n) is 6.42. The van der Waals surface area contributed by atoms with E-state index in [-0.39, 0.29) is 11.4 Å². The minimum Gasteiger partial charge on any atom is -0.465 e. The summed E-state index contributed by atoms with van der Waals surface area (Å²) in [7, 11) is 0.143. The van der Waals surface area contributed by atoms with Gasteiger partial charge in [0.2, 0.25) is 0 Å². The van der Waals surface area contributed by atoms with Gasteiger partial charge in [-0.3, -0.25) is 0 Å². The highest BCUT2D eigenvalue weighted by molar-refractivity contribution is 6.48. The monoisotopic (exact) mass is 540 g/mol. The second-order valence-corrected chi connectivity index (χ2v) is 13.6. The highest BCUT2D eigenvalue weighted by Crippen LogP contribution is 2.43. The van der Waals surface area contributed by atoms with Crippen LogP contribution in [0.5, 0.6) is 0 Å². The van der Waals surface area contributed by atoms with Crippen molar-refractivity contribution < 1.29 is 14.0 Å². The second kappa shape index (κ2) is 12.3. The van der Waals surface area contributed by atoms with Crippen molar-refractivity contribution in [1.29, 1.82) is 0 Å². The third kappa shape index (κ3) is 6.86. The van der Waals surface area contributed by atoms with Crippen molar-refractivity contribution in [3.63, 3.8) is 0 Å².